The van der Waals surface area contributed by atoms with E-state index in [9.17, 15) is 17.2 Å². The lowest BCUT2D eigenvalue weighted by atomic mass is 9.93. The van der Waals surface area contributed by atoms with Gasteiger partial charge in [-0.15, -0.1) is 0 Å². The maximum absolute atomic E-state index is 14.6. The highest BCUT2D eigenvalue weighted by Crippen LogP contribution is 2.38. The highest BCUT2D eigenvalue weighted by molar-refractivity contribution is 7.93. The van der Waals surface area contributed by atoms with E-state index in [0.717, 1.165) is 12.3 Å². The number of sulfone groups is 1. The van der Waals surface area contributed by atoms with Gasteiger partial charge in [0.1, 0.15) is 21.9 Å². The van der Waals surface area contributed by atoms with Crippen molar-refractivity contribution < 1.29 is 17.2 Å². The van der Waals surface area contributed by atoms with Gasteiger partial charge in [-0.05, 0) is 44.5 Å². The summed E-state index contributed by atoms with van der Waals surface area (Å²) in [5, 5.41) is 0. The van der Waals surface area contributed by atoms with Crippen molar-refractivity contribution in [2.45, 2.75) is 31.1 Å². The predicted octanol–water partition coefficient (Wildman–Crippen LogP) is 3.41. The largest absolute Gasteiger partial charge is 0.386 e. The van der Waals surface area contributed by atoms with Gasteiger partial charge in [0, 0.05) is 18.0 Å². The van der Waals surface area contributed by atoms with Crippen molar-refractivity contribution in [1.29, 1.82) is 0 Å². The Kier molecular flexibility index (Phi) is 5.20. The van der Waals surface area contributed by atoms with Gasteiger partial charge in [0.15, 0.2) is 9.84 Å². The van der Waals surface area contributed by atoms with E-state index < -0.39 is 37.7 Å². The fourth-order valence-corrected chi connectivity index (χ4v) is 4.70. The normalized spacial score (nSPS) is 22.8. The van der Waals surface area contributed by atoms with Crippen LogP contribution >= 0.6 is 0 Å². The molecule has 0 amide bonds. The van der Waals surface area contributed by atoms with Crippen molar-refractivity contribution in [2.24, 2.45) is 10.7 Å². The second-order valence-electron chi connectivity index (χ2n) is 7.65. The van der Waals surface area contributed by atoms with Gasteiger partial charge in [0.2, 0.25) is 11.6 Å². The van der Waals surface area contributed by atoms with E-state index in [0.29, 0.717) is 0 Å². The number of rotatable bonds is 3. The topological polar surface area (TPSA) is 103 Å². The Morgan fingerprint density at radius 1 is 1.27 bits per heavy atom. The zero-order valence-corrected chi connectivity index (χ0v) is 17.3. The van der Waals surface area contributed by atoms with Crippen LogP contribution in [0.2, 0.25) is 0 Å². The van der Waals surface area contributed by atoms with E-state index >= 15 is 0 Å². The minimum atomic E-state index is -3.74. The Hall–Kier alpha value is -3.19. The lowest BCUT2D eigenvalue weighted by Gasteiger charge is -2.37. The van der Waals surface area contributed by atoms with E-state index in [-0.39, 0.29) is 28.3 Å². The molecule has 0 spiro atoms. The summed E-state index contributed by atoms with van der Waals surface area (Å²) >= 11 is 0. The van der Waals surface area contributed by atoms with E-state index in [1.54, 1.807) is 0 Å². The molecule has 30 heavy (non-hydrogen) atoms. The maximum Gasteiger partial charge on any atom is 0.218 e. The molecule has 2 N–H and O–H groups in total. The summed E-state index contributed by atoms with van der Waals surface area (Å²) in [5.41, 5.74) is 4.73. The van der Waals surface area contributed by atoms with E-state index in [2.05, 4.69) is 19.8 Å². The third kappa shape index (κ3) is 3.68. The first-order chi connectivity index (χ1) is 13.9. The second kappa shape index (κ2) is 7.25. The zero-order chi connectivity index (χ0) is 22.3. The van der Waals surface area contributed by atoms with Crippen molar-refractivity contribution in [1.82, 2.24) is 9.97 Å². The van der Waals surface area contributed by atoms with Gasteiger partial charge in [-0.3, -0.25) is 9.98 Å². The first-order valence-electron chi connectivity index (χ1n) is 8.85. The molecule has 0 saturated carbocycles. The molecule has 10 heteroatoms. The van der Waals surface area contributed by atoms with Crippen LogP contribution in [-0.4, -0.2) is 34.7 Å². The maximum atomic E-state index is 14.6. The zero-order valence-electron chi connectivity index (χ0n) is 16.5. The molecule has 2 aromatic rings. The minimum absolute atomic E-state index is 0.0104. The molecule has 1 atom stereocenters. The first-order valence-corrected chi connectivity index (χ1v) is 10.5. The van der Waals surface area contributed by atoms with Crippen molar-refractivity contribution in [3.05, 3.63) is 64.8 Å². The molecule has 0 bridgehead atoms. The predicted molar refractivity (Wildman–Crippen MR) is 111 cm³/mol. The summed E-state index contributed by atoms with van der Waals surface area (Å²) < 4.78 is 53.2. The standard InChI is InChI=1S/C20H19F2N5O2S/c1-19(2)18(23)27-20(3,11-30(19,28)29)14-7-12(9-26-17(14)22)8-15(21)16-6-5-13(24-4)10-25-16/h5-10H,11H2,1-3H3,(H2,23,27)/b15-8-/t20-/m0/s1. The summed E-state index contributed by atoms with van der Waals surface area (Å²) in [6.45, 7) is 11.2. The molecule has 3 rings (SSSR count). The van der Waals surface area contributed by atoms with Gasteiger partial charge in [-0.25, -0.2) is 22.6 Å². The van der Waals surface area contributed by atoms with Crippen LogP contribution in [0.15, 0.2) is 35.6 Å². The minimum Gasteiger partial charge on any atom is -0.386 e. The van der Waals surface area contributed by atoms with Gasteiger partial charge in [0.25, 0.3) is 0 Å². The summed E-state index contributed by atoms with van der Waals surface area (Å²) in [6.07, 6.45) is 3.44. The molecule has 0 radical (unpaired) electrons. The lowest BCUT2D eigenvalue weighted by molar-refractivity contribution is 0.463. The number of nitrogens with zero attached hydrogens (tertiary/aromatic N) is 4. The summed E-state index contributed by atoms with van der Waals surface area (Å²) in [4.78, 5) is 15.0. The molecule has 1 aliphatic rings. The molecule has 0 unspecified atom stereocenters. The second-order valence-corrected chi connectivity index (χ2v) is 10.2. The summed E-state index contributed by atoms with van der Waals surface area (Å²) in [6, 6.07) is 4.06. The molecule has 0 aliphatic carbocycles. The molecule has 3 heterocycles. The van der Waals surface area contributed by atoms with Crippen molar-refractivity contribution in [3.63, 3.8) is 0 Å². The quantitative estimate of drug-likeness (QED) is 0.593. The van der Waals surface area contributed by atoms with E-state index in [1.165, 1.54) is 45.2 Å². The Labute approximate surface area is 173 Å². The number of pyridine rings is 2. The molecular formula is C20H19F2N5O2S. The fraction of sp³-hybridized carbons (Fsp3) is 0.300. The highest BCUT2D eigenvalue weighted by Gasteiger charge is 2.49. The van der Waals surface area contributed by atoms with Crippen LogP contribution < -0.4 is 5.73 Å². The van der Waals surface area contributed by atoms with Gasteiger partial charge in [-0.1, -0.05) is 6.07 Å². The average molecular weight is 431 g/mol. The van der Waals surface area contributed by atoms with Gasteiger partial charge in [0.05, 0.1) is 18.0 Å². The molecule has 156 valence electrons. The Balaban J connectivity index is 2.06. The van der Waals surface area contributed by atoms with E-state index in [4.69, 9.17) is 12.3 Å². The smallest absolute Gasteiger partial charge is 0.218 e. The fourth-order valence-electron chi connectivity index (χ4n) is 3.02. The Bertz CT molecular complexity index is 1210. The molecule has 1 aliphatic heterocycles. The third-order valence-corrected chi connectivity index (χ3v) is 7.79. The lowest BCUT2D eigenvalue weighted by Crippen LogP contribution is -2.55. The Morgan fingerprint density at radius 3 is 2.53 bits per heavy atom. The van der Waals surface area contributed by atoms with Crippen LogP contribution in [0.1, 0.15) is 37.6 Å². The van der Waals surface area contributed by atoms with Crippen molar-refractivity contribution in [3.8, 4) is 0 Å². The molecular weight excluding hydrogens is 412 g/mol. The first kappa shape index (κ1) is 21.5. The van der Waals surface area contributed by atoms with Crippen molar-refractivity contribution >= 4 is 33.3 Å². The van der Waals surface area contributed by atoms with Crippen LogP contribution in [0.5, 0.6) is 0 Å². The number of amidine groups is 1. The van der Waals surface area contributed by atoms with Gasteiger partial charge in [-0.2, -0.15) is 4.39 Å². The third-order valence-electron chi connectivity index (χ3n) is 5.09. The highest BCUT2D eigenvalue weighted by atomic mass is 32.2. The van der Waals surface area contributed by atoms with Crippen LogP contribution in [-0.2, 0) is 15.4 Å². The summed E-state index contributed by atoms with van der Waals surface area (Å²) in [5.74, 6) is -2.24. The molecule has 0 fully saturated rings. The van der Waals surface area contributed by atoms with Crippen LogP contribution in [0, 0.1) is 12.5 Å². The number of nitrogens with two attached hydrogens (primary N) is 1. The van der Waals surface area contributed by atoms with Crippen LogP contribution in [0.3, 0.4) is 0 Å². The number of aliphatic imine (C=N–C) groups is 1. The monoisotopic (exact) mass is 431 g/mol. The Morgan fingerprint density at radius 2 is 1.97 bits per heavy atom. The summed E-state index contributed by atoms with van der Waals surface area (Å²) in [7, 11) is -3.74. The van der Waals surface area contributed by atoms with Crippen molar-refractivity contribution in [2.75, 3.05) is 5.75 Å². The van der Waals surface area contributed by atoms with Gasteiger partial charge >= 0.3 is 0 Å². The SMILES string of the molecule is [C-]#[N+]c1ccc(/C(F)=C/c2cnc(F)c([C@]3(C)CS(=O)(=O)C(C)(C)C(N)=N3)c2)nc1. The number of hydrogen-bond donors (Lipinski definition) is 1. The van der Waals surface area contributed by atoms with Gasteiger partial charge < -0.3 is 5.73 Å². The molecule has 7 nitrogen and oxygen atoms in total. The number of aromatic nitrogens is 2. The molecule has 0 saturated heterocycles. The van der Waals surface area contributed by atoms with Crippen LogP contribution in [0.25, 0.3) is 16.7 Å². The van der Waals surface area contributed by atoms with Crippen LogP contribution in [0.4, 0.5) is 14.5 Å². The molecule has 2 aromatic heterocycles. The molecule has 0 aromatic carbocycles. The average Bonchev–Trinajstić information content (AvgIpc) is 2.67. The number of hydrogen-bond acceptors (Lipinski definition) is 6. The van der Waals surface area contributed by atoms with E-state index in [1.807, 2.05) is 0 Å². The number of halogens is 2.